The van der Waals surface area contributed by atoms with Crippen LogP contribution >= 0.6 is 0 Å². The van der Waals surface area contributed by atoms with Crippen LogP contribution in [0.2, 0.25) is 0 Å². The average Bonchev–Trinajstić information content (AvgIpc) is 2.79. The van der Waals surface area contributed by atoms with Gasteiger partial charge in [0.05, 0.1) is 6.10 Å². The highest BCUT2D eigenvalue weighted by molar-refractivity contribution is 5.31. The minimum atomic E-state index is -0.383. The van der Waals surface area contributed by atoms with Crippen molar-refractivity contribution in [2.75, 3.05) is 6.54 Å². The lowest BCUT2D eigenvalue weighted by atomic mass is 9.78. The maximum absolute atomic E-state index is 9.48. The summed E-state index contributed by atoms with van der Waals surface area (Å²) in [6.07, 6.45) is 4.60. The topological polar surface area (TPSA) is 46.2 Å². The zero-order chi connectivity index (χ0) is 11.6. The van der Waals surface area contributed by atoms with Crippen molar-refractivity contribution in [3.8, 4) is 0 Å². The molecule has 16 heavy (non-hydrogen) atoms. The number of hydrogen-bond acceptors (Lipinski definition) is 2. The SMILES string of the molecule is CC(O)c1ccc(C2(CN)CCCC2)cc1. The Balaban J connectivity index is 2.26. The van der Waals surface area contributed by atoms with Crippen LogP contribution in [-0.2, 0) is 5.41 Å². The molecule has 0 radical (unpaired) electrons. The minimum absolute atomic E-state index is 0.206. The van der Waals surface area contributed by atoms with E-state index >= 15 is 0 Å². The van der Waals surface area contributed by atoms with Crippen molar-refractivity contribution in [3.05, 3.63) is 35.4 Å². The fourth-order valence-corrected chi connectivity index (χ4v) is 2.78. The van der Waals surface area contributed by atoms with E-state index < -0.39 is 0 Å². The standard InChI is InChI=1S/C14H21NO/c1-11(16)12-4-6-13(7-5-12)14(10-15)8-2-3-9-14/h4-7,11,16H,2-3,8-10,15H2,1H3. The van der Waals surface area contributed by atoms with Gasteiger partial charge in [0.25, 0.3) is 0 Å². The Labute approximate surface area is 97.5 Å². The summed E-state index contributed by atoms with van der Waals surface area (Å²) in [6.45, 7) is 2.53. The van der Waals surface area contributed by atoms with Crippen molar-refractivity contribution < 1.29 is 5.11 Å². The molecule has 0 spiro atoms. The smallest absolute Gasteiger partial charge is 0.0761 e. The molecule has 0 amide bonds. The lowest BCUT2D eigenvalue weighted by Crippen LogP contribution is -2.31. The van der Waals surface area contributed by atoms with Crippen molar-refractivity contribution in [2.24, 2.45) is 5.73 Å². The monoisotopic (exact) mass is 219 g/mol. The van der Waals surface area contributed by atoms with Gasteiger partial charge in [0.1, 0.15) is 0 Å². The predicted octanol–water partition coefficient (Wildman–Crippen LogP) is 2.51. The van der Waals surface area contributed by atoms with E-state index in [0.29, 0.717) is 0 Å². The molecule has 2 nitrogen and oxygen atoms in total. The number of aliphatic hydroxyl groups is 1. The molecular formula is C14H21NO. The zero-order valence-electron chi connectivity index (χ0n) is 9.95. The third-order valence-electron chi connectivity index (χ3n) is 3.96. The van der Waals surface area contributed by atoms with Crippen molar-refractivity contribution in [1.82, 2.24) is 0 Å². The average molecular weight is 219 g/mol. The lowest BCUT2D eigenvalue weighted by Gasteiger charge is -2.28. The second-order valence-electron chi connectivity index (χ2n) is 4.99. The van der Waals surface area contributed by atoms with E-state index in [9.17, 15) is 5.11 Å². The predicted molar refractivity (Wildman–Crippen MR) is 66.3 cm³/mol. The molecule has 0 heterocycles. The summed E-state index contributed by atoms with van der Waals surface area (Å²) in [5.41, 5.74) is 8.48. The van der Waals surface area contributed by atoms with E-state index in [-0.39, 0.29) is 11.5 Å². The van der Waals surface area contributed by atoms with E-state index in [0.717, 1.165) is 12.1 Å². The number of rotatable bonds is 3. The highest BCUT2D eigenvalue weighted by atomic mass is 16.3. The van der Waals surface area contributed by atoms with Crippen LogP contribution in [0.3, 0.4) is 0 Å². The second-order valence-corrected chi connectivity index (χ2v) is 4.99. The van der Waals surface area contributed by atoms with Crippen LogP contribution < -0.4 is 5.73 Å². The molecule has 88 valence electrons. The molecule has 1 aliphatic carbocycles. The van der Waals surface area contributed by atoms with Gasteiger partial charge in [-0.2, -0.15) is 0 Å². The molecule has 2 heteroatoms. The highest BCUT2D eigenvalue weighted by Crippen LogP contribution is 2.40. The fourth-order valence-electron chi connectivity index (χ4n) is 2.78. The van der Waals surface area contributed by atoms with E-state index in [1.54, 1.807) is 6.92 Å². The Morgan fingerprint density at radius 3 is 2.25 bits per heavy atom. The molecule has 1 unspecified atom stereocenters. The van der Waals surface area contributed by atoms with Crippen LogP contribution in [0.4, 0.5) is 0 Å². The van der Waals surface area contributed by atoms with Crippen LogP contribution in [0.25, 0.3) is 0 Å². The Morgan fingerprint density at radius 1 is 1.25 bits per heavy atom. The molecular weight excluding hydrogens is 198 g/mol. The normalized spacial score (nSPS) is 20.9. The van der Waals surface area contributed by atoms with Gasteiger partial charge in [-0.3, -0.25) is 0 Å². The van der Waals surface area contributed by atoms with Gasteiger partial charge in [-0.05, 0) is 30.9 Å². The first-order valence-corrected chi connectivity index (χ1v) is 6.16. The molecule has 3 N–H and O–H groups in total. The van der Waals surface area contributed by atoms with Gasteiger partial charge >= 0.3 is 0 Å². The fraction of sp³-hybridized carbons (Fsp3) is 0.571. The molecule has 0 saturated heterocycles. The number of hydrogen-bond donors (Lipinski definition) is 2. The zero-order valence-corrected chi connectivity index (χ0v) is 9.95. The van der Waals surface area contributed by atoms with Crippen molar-refractivity contribution >= 4 is 0 Å². The van der Waals surface area contributed by atoms with Crippen molar-refractivity contribution in [3.63, 3.8) is 0 Å². The summed E-state index contributed by atoms with van der Waals surface area (Å²) in [5.74, 6) is 0. The quantitative estimate of drug-likeness (QED) is 0.820. The van der Waals surface area contributed by atoms with Crippen LogP contribution in [-0.4, -0.2) is 11.7 Å². The third kappa shape index (κ3) is 2.00. The van der Waals surface area contributed by atoms with Gasteiger partial charge in [0.2, 0.25) is 0 Å². The number of benzene rings is 1. The maximum Gasteiger partial charge on any atom is 0.0761 e. The minimum Gasteiger partial charge on any atom is -0.389 e. The Morgan fingerprint density at radius 2 is 1.81 bits per heavy atom. The van der Waals surface area contributed by atoms with Crippen LogP contribution in [0, 0.1) is 0 Å². The molecule has 0 aliphatic heterocycles. The van der Waals surface area contributed by atoms with Crippen LogP contribution in [0.1, 0.15) is 49.8 Å². The third-order valence-corrected chi connectivity index (χ3v) is 3.96. The van der Waals surface area contributed by atoms with E-state index in [1.165, 1.54) is 31.2 Å². The first-order valence-electron chi connectivity index (χ1n) is 6.16. The Hall–Kier alpha value is -0.860. The summed E-state index contributed by atoms with van der Waals surface area (Å²) < 4.78 is 0. The van der Waals surface area contributed by atoms with Crippen molar-refractivity contribution in [1.29, 1.82) is 0 Å². The lowest BCUT2D eigenvalue weighted by molar-refractivity contribution is 0.199. The van der Waals surface area contributed by atoms with E-state index in [4.69, 9.17) is 5.73 Å². The molecule has 1 atom stereocenters. The van der Waals surface area contributed by atoms with Crippen LogP contribution in [0.15, 0.2) is 24.3 Å². The summed E-state index contributed by atoms with van der Waals surface area (Å²) in [6, 6.07) is 8.33. The van der Waals surface area contributed by atoms with Crippen molar-refractivity contribution in [2.45, 2.75) is 44.1 Å². The molecule has 0 bridgehead atoms. The van der Waals surface area contributed by atoms with Gasteiger partial charge in [0.15, 0.2) is 0 Å². The maximum atomic E-state index is 9.48. The van der Waals surface area contributed by atoms with E-state index in [2.05, 4.69) is 12.1 Å². The Bertz CT molecular complexity index is 336. The number of aliphatic hydroxyl groups excluding tert-OH is 1. The second kappa shape index (κ2) is 4.56. The molecule has 0 aromatic heterocycles. The van der Waals surface area contributed by atoms with Gasteiger partial charge in [-0.1, -0.05) is 37.1 Å². The summed E-state index contributed by atoms with van der Waals surface area (Å²) in [4.78, 5) is 0. The molecule has 1 aliphatic rings. The summed E-state index contributed by atoms with van der Waals surface area (Å²) >= 11 is 0. The first-order chi connectivity index (χ1) is 7.68. The van der Waals surface area contributed by atoms with Gasteiger partial charge < -0.3 is 10.8 Å². The summed E-state index contributed by atoms with van der Waals surface area (Å²) in [5, 5.41) is 9.48. The molecule has 1 saturated carbocycles. The van der Waals surface area contributed by atoms with Gasteiger partial charge in [0, 0.05) is 12.0 Å². The summed E-state index contributed by atoms with van der Waals surface area (Å²) in [7, 11) is 0. The molecule has 1 fully saturated rings. The largest absolute Gasteiger partial charge is 0.389 e. The number of nitrogens with two attached hydrogens (primary N) is 1. The van der Waals surface area contributed by atoms with Gasteiger partial charge in [-0.25, -0.2) is 0 Å². The molecule has 1 aromatic rings. The Kier molecular flexibility index (Phi) is 3.31. The first kappa shape index (κ1) is 11.6. The van der Waals surface area contributed by atoms with Gasteiger partial charge in [-0.15, -0.1) is 0 Å². The molecule has 2 rings (SSSR count). The van der Waals surface area contributed by atoms with E-state index in [1.807, 2.05) is 12.1 Å². The van der Waals surface area contributed by atoms with Crippen LogP contribution in [0.5, 0.6) is 0 Å². The molecule has 1 aromatic carbocycles. The highest BCUT2D eigenvalue weighted by Gasteiger charge is 2.33.